The SMILES string of the molecule is COc1cc(CNC2=NCCN2C)ccc1OCC(N)=O. The van der Waals surface area contributed by atoms with Crippen molar-refractivity contribution >= 4 is 11.9 Å². The first-order valence-corrected chi connectivity index (χ1v) is 6.67. The molecule has 0 bridgehead atoms. The zero-order chi connectivity index (χ0) is 15.2. The first-order valence-electron chi connectivity index (χ1n) is 6.67. The number of hydrogen-bond donors (Lipinski definition) is 2. The van der Waals surface area contributed by atoms with Crippen LogP contribution in [-0.4, -0.2) is 50.6 Å². The van der Waals surface area contributed by atoms with Gasteiger partial charge in [-0.25, -0.2) is 0 Å². The number of aliphatic imine (C=N–C) groups is 1. The quantitative estimate of drug-likeness (QED) is 0.767. The van der Waals surface area contributed by atoms with Crippen molar-refractivity contribution < 1.29 is 14.3 Å². The third-order valence-electron chi connectivity index (χ3n) is 3.11. The average Bonchev–Trinajstić information content (AvgIpc) is 2.88. The molecule has 0 radical (unpaired) electrons. The van der Waals surface area contributed by atoms with Crippen molar-refractivity contribution in [3.63, 3.8) is 0 Å². The van der Waals surface area contributed by atoms with Crippen LogP contribution in [0.2, 0.25) is 0 Å². The minimum atomic E-state index is -0.523. The largest absolute Gasteiger partial charge is 0.493 e. The van der Waals surface area contributed by atoms with Gasteiger partial charge in [0.1, 0.15) is 0 Å². The minimum absolute atomic E-state index is 0.171. The molecule has 0 atom stereocenters. The van der Waals surface area contributed by atoms with E-state index in [1.807, 2.05) is 19.2 Å². The summed E-state index contributed by atoms with van der Waals surface area (Å²) in [6, 6.07) is 5.53. The van der Waals surface area contributed by atoms with E-state index in [9.17, 15) is 4.79 Å². The van der Waals surface area contributed by atoms with Crippen LogP contribution in [0.15, 0.2) is 23.2 Å². The molecule has 1 heterocycles. The van der Waals surface area contributed by atoms with E-state index in [1.54, 1.807) is 13.2 Å². The number of nitrogens with one attached hydrogen (secondary N) is 1. The average molecular weight is 292 g/mol. The zero-order valence-corrected chi connectivity index (χ0v) is 12.3. The standard InChI is InChI=1S/C14H20N4O3/c1-18-6-5-16-14(18)17-8-10-3-4-11(12(7-10)20-2)21-9-13(15)19/h3-4,7H,5-6,8-9H2,1-2H3,(H2,15,19)(H,16,17). The maximum absolute atomic E-state index is 10.7. The Labute approximate surface area is 123 Å². The molecule has 21 heavy (non-hydrogen) atoms. The van der Waals surface area contributed by atoms with E-state index in [4.69, 9.17) is 15.2 Å². The second kappa shape index (κ2) is 6.83. The van der Waals surface area contributed by atoms with Gasteiger partial charge in [0.2, 0.25) is 0 Å². The van der Waals surface area contributed by atoms with Crippen molar-refractivity contribution in [2.24, 2.45) is 10.7 Å². The molecule has 1 aliphatic rings. The van der Waals surface area contributed by atoms with Gasteiger partial charge in [0.25, 0.3) is 5.91 Å². The molecule has 7 nitrogen and oxygen atoms in total. The van der Waals surface area contributed by atoms with Crippen molar-refractivity contribution in [3.8, 4) is 11.5 Å². The molecule has 1 aliphatic heterocycles. The van der Waals surface area contributed by atoms with Crippen molar-refractivity contribution in [1.82, 2.24) is 10.2 Å². The predicted molar refractivity (Wildman–Crippen MR) is 79.5 cm³/mol. The Kier molecular flexibility index (Phi) is 4.86. The van der Waals surface area contributed by atoms with Gasteiger partial charge >= 0.3 is 0 Å². The van der Waals surface area contributed by atoms with Crippen LogP contribution in [0, 0.1) is 0 Å². The number of ether oxygens (including phenoxy) is 2. The van der Waals surface area contributed by atoms with Gasteiger partial charge < -0.3 is 25.4 Å². The maximum atomic E-state index is 10.7. The van der Waals surface area contributed by atoms with Gasteiger partial charge in [-0.15, -0.1) is 0 Å². The highest BCUT2D eigenvalue weighted by Gasteiger charge is 2.12. The van der Waals surface area contributed by atoms with Gasteiger partial charge in [0.05, 0.1) is 13.7 Å². The zero-order valence-electron chi connectivity index (χ0n) is 12.3. The van der Waals surface area contributed by atoms with Gasteiger partial charge in [-0.2, -0.15) is 0 Å². The topological polar surface area (TPSA) is 89.2 Å². The van der Waals surface area contributed by atoms with E-state index >= 15 is 0 Å². The molecule has 114 valence electrons. The molecule has 0 unspecified atom stereocenters. The van der Waals surface area contributed by atoms with Crippen LogP contribution in [0.3, 0.4) is 0 Å². The summed E-state index contributed by atoms with van der Waals surface area (Å²) in [7, 11) is 3.55. The smallest absolute Gasteiger partial charge is 0.255 e. The normalized spacial score (nSPS) is 13.8. The Balaban J connectivity index is 1.99. The molecule has 0 saturated heterocycles. The van der Waals surface area contributed by atoms with Crippen LogP contribution in [-0.2, 0) is 11.3 Å². The number of primary amides is 1. The Morgan fingerprint density at radius 2 is 2.29 bits per heavy atom. The molecule has 1 amide bonds. The molecule has 0 saturated carbocycles. The van der Waals surface area contributed by atoms with Gasteiger partial charge in [0, 0.05) is 20.1 Å². The lowest BCUT2D eigenvalue weighted by atomic mass is 10.2. The number of nitrogens with zero attached hydrogens (tertiary/aromatic N) is 2. The van der Waals surface area contributed by atoms with E-state index < -0.39 is 5.91 Å². The van der Waals surface area contributed by atoms with Crippen molar-refractivity contribution in [2.45, 2.75) is 6.54 Å². The van der Waals surface area contributed by atoms with E-state index in [1.165, 1.54) is 0 Å². The number of carbonyl (C=O) groups is 1. The lowest BCUT2D eigenvalue weighted by Crippen LogP contribution is -2.35. The number of likely N-dealkylation sites (N-methyl/N-ethyl adjacent to an activating group) is 1. The first kappa shape index (κ1) is 15.0. The summed E-state index contributed by atoms with van der Waals surface area (Å²) in [4.78, 5) is 17.2. The number of rotatable bonds is 6. The Hall–Kier alpha value is -2.44. The maximum Gasteiger partial charge on any atom is 0.255 e. The number of methoxy groups -OCH3 is 1. The van der Waals surface area contributed by atoms with Crippen molar-refractivity contribution in [3.05, 3.63) is 23.8 Å². The molecular weight excluding hydrogens is 272 g/mol. The third-order valence-corrected chi connectivity index (χ3v) is 3.11. The van der Waals surface area contributed by atoms with E-state index in [-0.39, 0.29) is 6.61 Å². The number of nitrogens with two attached hydrogens (primary N) is 1. The van der Waals surface area contributed by atoms with Crippen molar-refractivity contribution in [2.75, 3.05) is 33.9 Å². The summed E-state index contributed by atoms with van der Waals surface area (Å²) in [5.41, 5.74) is 6.09. The van der Waals surface area contributed by atoms with E-state index in [0.29, 0.717) is 18.0 Å². The number of carbonyl (C=O) groups excluding carboxylic acids is 1. The summed E-state index contributed by atoms with van der Waals surface area (Å²) in [5.74, 6) is 1.43. The number of hydrogen-bond acceptors (Lipinski definition) is 6. The fourth-order valence-electron chi connectivity index (χ4n) is 1.99. The minimum Gasteiger partial charge on any atom is -0.493 e. The molecular formula is C14H20N4O3. The molecule has 2 rings (SSSR count). The number of guanidine groups is 1. The second-order valence-electron chi connectivity index (χ2n) is 4.72. The lowest BCUT2D eigenvalue weighted by molar-refractivity contribution is -0.119. The molecule has 0 fully saturated rings. The molecule has 0 spiro atoms. The third kappa shape index (κ3) is 4.01. The summed E-state index contributed by atoms with van der Waals surface area (Å²) in [6.45, 7) is 2.22. The second-order valence-corrected chi connectivity index (χ2v) is 4.72. The van der Waals surface area contributed by atoms with Gasteiger partial charge in [-0.3, -0.25) is 9.79 Å². The number of benzene rings is 1. The summed E-state index contributed by atoms with van der Waals surface area (Å²) in [5, 5.41) is 3.27. The predicted octanol–water partition coefficient (Wildman–Crippen LogP) is -0.0497. The van der Waals surface area contributed by atoms with Gasteiger partial charge in [0.15, 0.2) is 24.1 Å². The molecule has 3 N–H and O–H groups in total. The Morgan fingerprint density at radius 1 is 1.48 bits per heavy atom. The van der Waals surface area contributed by atoms with E-state index in [0.717, 1.165) is 24.6 Å². The van der Waals surface area contributed by atoms with Crippen LogP contribution in [0.5, 0.6) is 11.5 Å². The summed E-state index contributed by atoms with van der Waals surface area (Å²) >= 11 is 0. The molecule has 1 aromatic rings. The highest BCUT2D eigenvalue weighted by Crippen LogP contribution is 2.28. The van der Waals surface area contributed by atoms with Gasteiger partial charge in [-0.05, 0) is 17.7 Å². The molecule has 1 aromatic carbocycles. The Bertz CT molecular complexity index is 545. The van der Waals surface area contributed by atoms with Crippen LogP contribution >= 0.6 is 0 Å². The Morgan fingerprint density at radius 3 is 2.90 bits per heavy atom. The van der Waals surface area contributed by atoms with Crippen LogP contribution in [0.1, 0.15) is 5.56 Å². The molecule has 7 heteroatoms. The first-order chi connectivity index (χ1) is 10.1. The lowest BCUT2D eigenvalue weighted by Gasteiger charge is -2.16. The van der Waals surface area contributed by atoms with Crippen molar-refractivity contribution in [1.29, 1.82) is 0 Å². The monoisotopic (exact) mass is 292 g/mol. The fourth-order valence-corrected chi connectivity index (χ4v) is 1.99. The van der Waals surface area contributed by atoms with Gasteiger partial charge in [-0.1, -0.05) is 6.07 Å². The van der Waals surface area contributed by atoms with Crippen LogP contribution in [0.25, 0.3) is 0 Å². The number of amides is 1. The molecule has 0 aromatic heterocycles. The highest BCUT2D eigenvalue weighted by atomic mass is 16.5. The fraction of sp³-hybridized carbons (Fsp3) is 0.429. The molecule has 0 aliphatic carbocycles. The summed E-state index contributed by atoms with van der Waals surface area (Å²) < 4.78 is 10.6. The van der Waals surface area contributed by atoms with Crippen LogP contribution in [0.4, 0.5) is 0 Å². The summed E-state index contributed by atoms with van der Waals surface area (Å²) in [6.07, 6.45) is 0. The highest BCUT2D eigenvalue weighted by molar-refractivity contribution is 5.81. The van der Waals surface area contributed by atoms with E-state index in [2.05, 4.69) is 15.2 Å². The van der Waals surface area contributed by atoms with Crippen LogP contribution < -0.4 is 20.5 Å².